The summed E-state index contributed by atoms with van der Waals surface area (Å²) in [6.45, 7) is 6.09. The van der Waals surface area contributed by atoms with Crippen molar-refractivity contribution in [2.45, 2.75) is 71.0 Å². The van der Waals surface area contributed by atoms with Crippen molar-refractivity contribution in [3.8, 4) is 0 Å². The minimum atomic E-state index is -0.324. The molecule has 0 saturated heterocycles. The number of Topliss-reactive ketones (excluding diaryl/α,β-unsaturated/α-hetero) is 1. The van der Waals surface area contributed by atoms with Gasteiger partial charge in [0.2, 0.25) is 0 Å². The molecule has 1 rings (SSSR count). The quantitative estimate of drug-likeness (QED) is 0.521. The highest BCUT2D eigenvalue weighted by atomic mass is 17.2. The molecule has 15 heavy (non-hydrogen) atoms. The van der Waals surface area contributed by atoms with Crippen molar-refractivity contribution in [3.63, 3.8) is 0 Å². The van der Waals surface area contributed by atoms with E-state index in [-0.39, 0.29) is 17.5 Å². The van der Waals surface area contributed by atoms with Gasteiger partial charge in [-0.05, 0) is 39.5 Å². The maximum atomic E-state index is 11.5. The van der Waals surface area contributed by atoms with Crippen LogP contribution in [0.3, 0.4) is 0 Å². The Morgan fingerprint density at radius 2 is 2.13 bits per heavy atom. The van der Waals surface area contributed by atoms with E-state index in [2.05, 4.69) is 6.92 Å². The standard InChI is InChI=1S/C12H22O3/c1-4-9-12(2,3)15-14-11-8-6-5-7-10(11)13/h11H,4-9H2,1-3H3. The SMILES string of the molecule is CCCC(C)(C)OOC1CCCCC1=O. The van der Waals surface area contributed by atoms with Gasteiger partial charge in [-0.25, -0.2) is 9.78 Å². The van der Waals surface area contributed by atoms with E-state index in [9.17, 15) is 4.79 Å². The number of ketones is 1. The monoisotopic (exact) mass is 214 g/mol. The first-order valence-corrected chi connectivity index (χ1v) is 5.92. The molecule has 88 valence electrons. The third-order valence-electron chi connectivity index (χ3n) is 2.74. The third-order valence-corrected chi connectivity index (χ3v) is 2.74. The molecule has 0 spiro atoms. The van der Waals surface area contributed by atoms with Gasteiger partial charge in [-0.15, -0.1) is 0 Å². The largest absolute Gasteiger partial charge is 0.297 e. The molecule has 1 aliphatic rings. The van der Waals surface area contributed by atoms with Crippen LogP contribution in [0.4, 0.5) is 0 Å². The summed E-state index contributed by atoms with van der Waals surface area (Å²) in [4.78, 5) is 22.1. The Balaban J connectivity index is 2.31. The van der Waals surface area contributed by atoms with Crippen molar-refractivity contribution in [2.75, 3.05) is 0 Å². The zero-order valence-electron chi connectivity index (χ0n) is 10.0. The Morgan fingerprint density at radius 1 is 1.40 bits per heavy atom. The van der Waals surface area contributed by atoms with E-state index in [1.807, 2.05) is 13.8 Å². The molecule has 0 radical (unpaired) electrons. The van der Waals surface area contributed by atoms with Gasteiger partial charge in [-0.3, -0.25) is 4.79 Å². The molecule has 0 aromatic heterocycles. The van der Waals surface area contributed by atoms with Gasteiger partial charge in [0, 0.05) is 6.42 Å². The van der Waals surface area contributed by atoms with Gasteiger partial charge in [0.1, 0.15) is 0 Å². The molecule has 0 aliphatic heterocycles. The van der Waals surface area contributed by atoms with Gasteiger partial charge in [-0.1, -0.05) is 13.3 Å². The molecule has 1 aliphatic carbocycles. The maximum absolute atomic E-state index is 11.5. The van der Waals surface area contributed by atoms with Crippen molar-refractivity contribution < 1.29 is 14.6 Å². The first-order valence-electron chi connectivity index (χ1n) is 5.92. The number of carbonyl (C=O) groups excluding carboxylic acids is 1. The Kier molecular flexibility index (Phi) is 4.74. The van der Waals surface area contributed by atoms with Crippen LogP contribution in [-0.2, 0) is 14.6 Å². The number of carbonyl (C=O) groups is 1. The lowest BCUT2D eigenvalue weighted by Gasteiger charge is -2.27. The summed E-state index contributed by atoms with van der Waals surface area (Å²) in [6, 6.07) is 0. The van der Waals surface area contributed by atoms with Gasteiger partial charge in [0.25, 0.3) is 0 Å². The van der Waals surface area contributed by atoms with Crippen LogP contribution in [0.15, 0.2) is 0 Å². The summed E-state index contributed by atoms with van der Waals surface area (Å²) >= 11 is 0. The van der Waals surface area contributed by atoms with Crippen LogP contribution in [-0.4, -0.2) is 17.5 Å². The van der Waals surface area contributed by atoms with Gasteiger partial charge >= 0.3 is 0 Å². The third kappa shape index (κ3) is 4.31. The second kappa shape index (κ2) is 5.61. The van der Waals surface area contributed by atoms with E-state index in [1.165, 1.54) is 0 Å². The molecule has 1 saturated carbocycles. The first-order chi connectivity index (χ1) is 7.05. The number of rotatable bonds is 5. The minimum Gasteiger partial charge on any atom is -0.297 e. The van der Waals surface area contributed by atoms with E-state index in [4.69, 9.17) is 9.78 Å². The van der Waals surface area contributed by atoms with Crippen LogP contribution in [0.25, 0.3) is 0 Å². The Bertz CT molecular complexity index is 211. The van der Waals surface area contributed by atoms with E-state index >= 15 is 0 Å². The van der Waals surface area contributed by atoms with Crippen LogP contribution in [0.1, 0.15) is 59.3 Å². The molecule has 1 fully saturated rings. The van der Waals surface area contributed by atoms with E-state index in [0.29, 0.717) is 6.42 Å². The first kappa shape index (κ1) is 12.7. The zero-order valence-corrected chi connectivity index (χ0v) is 10.0. The highest BCUT2D eigenvalue weighted by Gasteiger charge is 2.27. The fraction of sp³-hybridized carbons (Fsp3) is 0.917. The molecule has 0 aromatic rings. The summed E-state index contributed by atoms with van der Waals surface area (Å²) in [5.74, 6) is 0.188. The second-order valence-electron chi connectivity index (χ2n) is 4.89. The second-order valence-corrected chi connectivity index (χ2v) is 4.89. The van der Waals surface area contributed by atoms with E-state index < -0.39 is 0 Å². The molecule has 0 heterocycles. The van der Waals surface area contributed by atoms with Gasteiger partial charge < -0.3 is 0 Å². The van der Waals surface area contributed by atoms with Crippen molar-refractivity contribution in [3.05, 3.63) is 0 Å². The molecule has 3 heteroatoms. The molecular formula is C12H22O3. The summed E-state index contributed by atoms with van der Waals surface area (Å²) in [5, 5.41) is 0. The summed E-state index contributed by atoms with van der Waals surface area (Å²) in [7, 11) is 0. The topological polar surface area (TPSA) is 35.5 Å². The Hall–Kier alpha value is -0.410. The number of hydrogen-bond donors (Lipinski definition) is 0. The highest BCUT2D eigenvalue weighted by Crippen LogP contribution is 2.22. The van der Waals surface area contributed by atoms with Crippen molar-refractivity contribution in [2.24, 2.45) is 0 Å². The lowest BCUT2D eigenvalue weighted by Crippen LogP contribution is -2.33. The van der Waals surface area contributed by atoms with E-state index in [1.54, 1.807) is 0 Å². The molecule has 0 amide bonds. The molecular weight excluding hydrogens is 192 g/mol. The van der Waals surface area contributed by atoms with Crippen molar-refractivity contribution in [1.29, 1.82) is 0 Å². The smallest absolute Gasteiger partial charge is 0.164 e. The summed E-state index contributed by atoms with van der Waals surface area (Å²) < 4.78 is 0. The predicted molar refractivity (Wildman–Crippen MR) is 58.4 cm³/mol. The average Bonchev–Trinajstić information content (AvgIpc) is 2.16. The number of hydrogen-bond acceptors (Lipinski definition) is 3. The molecule has 1 unspecified atom stereocenters. The van der Waals surface area contributed by atoms with Crippen LogP contribution in [0.2, 0.25) is 0 Å². The van der Waals surface area contributed by atoms with Crippen LogP contribution in [0, 0.1) is 0 Å². The van der Waals surface area contributed by atoms with Crippen molar-refractivity contribution in [1.82, 2.24) is 0 Å². The normalized spacial score (nSPS) is 23.1. The molecule has 3 nitrogen and oxygen atoms in total. The summed E-state index contributed by atoms with van der Waals surface area (Å²) in [6.07, 6.45) is 5.17. The van der Waals surface area contributed by atoms with Crippen LogP contribution >= 0.6 is 0 Å². The van der Waals surface area contributed by atoms with Gasteiger partial charge in [0.15, 0.2) is 11.9 Å². The van der Waals surface area contributed by atoms with Crippen LogP contribution < -0.4 is 0 Å². The highest BCUT2D eigenvalue weighted by molar-refractivity contribution is 5.83. The predicted octanol–water partition coefficient (Wildman–Crippen LogP) is 3.03. The minimum absolute atomic E-state index is 0.188. The maximum Gasteiger partial charge on any atom is 0.164 e. The van der Waals surface area contributed by atoms with Crippen LogP contribution in [0.5, 0.6) is 0 Å². The van der Waals surface area contributed by atoms with E-state index in [0.717, 1.165) is 32.1 Å². The fourth-order valence-corrected chi connectivity index (χ4v) is 1.88. The Labute approximate surface area is 92.1 Å². The van der Waals surface area contributed by atoms with Gasteiger partial charge in [-0.2, -0.15) is 0 Å². The van der Waals surface area contributed by atoms with Gasteiger partial charge in [0.05, 0.1) is 5.60 Å². The lowest BCUT2D eigenvalue weighted by molar-refractivity contribution is -0.372. The fourth-order valence-electron chi connectivity index (χ4n) is 1.88. The molecule has 0 bridgehead atoms. The zero-order chi connectivity index (χ0) is 11.3. The average molecular weight is 214 g/mol. The molecule has 0 aromatic carbocycles. The summed E-state index contributed by atoms with van der Waals surface area (Å²) in [5.41, 5.74) is -0.285. The Morgan fingerprint density at radius 3 is 2.73 bits per heavy atom. The molecule has 1 atom stereocenters. The molecule has 0 N–H and O–H groups in total. The lowest BCUT2D eigenvalue weighted by atomic mass is 9.97. The van der Waals surface area contributed by atoms with Crippen molar-refractivity contribution >= 4 is 5.78 Å².